The second-order valence-corrected chi connectivity index (χ2v) is 7.99. The number of hydrogen-bond acceptors (Lipinski definition) is 4. The van der Waals surface area contributed by atoms with E-state index in [1.165, 1.54) is 16.0 Å². The highest BCUT2D eigenvalue weighted by Gasteiger charge is 2.24. The summed E-state index contributed by atoms with van der Waals surface area (Å²) in [6.07, 6.45) is 0.989. The maximum absolute atomic E-state index is 12.5. The number of carbonyl (C=O) groups is 2. The summed E-state index contributed by atoms with van der Waals surface area (Å²) >= 11 is 0. The van der Waals surface area contributed by atoms with Crippen molar-refractivity contribution in [3.8, 4) is 11.5 Å². The number of nitrogens with zero attached hydrogens (tertiary/aromatic N) is 1. The van der Waals surface area contributed by atoms with Crippen LogP contribution in [0.2, 0.25) is 0 Å². The molecule has 164 valence electrons. The molecule has 4 rings (SSSR count). The third kappa shape index (κ3) is 5.35. The van der Waals surface area contributed by atoms with Gasteiger partial charge >= 0.3 is 0 Å². The Balaban J connectivity index is 1.20. The number of benzene rings is 2. The lowest BCUT2D eigenvalue weighted by Crippen LogP contribution is -3.13. The number of fused-ring (bicyclic) bond motifs is 1. The Morgan fingerprint density at radius 2 is 1.90 bits per heavy atom. The lowest BCUT2D eigenvalue weighted by molar-refractivity contribution is -0.917. The van der Waals surface area contributed by atoms with Gasteiger partial charge in [-0.2, -0.15) is 0 Å². The average molecular weight is 425 g/mol. The molecule has 0 atom stereocenters. The fourth-order valence-electron chi connectivity index (χ4n) is 4.13. The van der Waals surface area contributed by atoms with Crippen LogP contribution in [0.4, 0.5) is 0 Å². The zero-order valence-electron chi connectivity index (χ0n) is 18.0. The standard InChI is InChI=1S/C24H29N3O4/c1-2-30-21-6-4-19(5-7-21)24(29)25-16-23(28)27-12-10-26(11-13-27)17-18-3-8-22-20(15-18)9-14-31-22/h3-8,15H,2,9-14,16-17H2,1H3,(H,25,29)/p+1. The van der Waals surface area contributed by atoms with E-state index in [1.807, 2.05) is 11.8 Å². The van der Waals surface area contributed by atoms with Gasteiger partial charge in [0.05, 0.1) is 45.9 Å². The van der Waals surface area contributed by atoms with Crippen LogP contribution in [0.3, 0.4) is 0 Å². The molecule has 0 bridgehead atoms. The molecule has 2 heterocycles. The molecule has 1 fully saturated rings. The monoisotopic (exact) mass is 424 g/mol. The predicted molar refractivity (Wildman–Crippen MR) is 117 cm³/mol. The van der Waals surface area contributed by atoms with Crippen LogP contribution < -0.4 is 19.7 Å². The minimum atomic E-state index is -0.249. The number of amides is 2. The summed E-state index contributed by atoms with van der Waals surface area (Å²) in [5, 5.41) is 2.73. The van der Waals surface area contributed by atoms with Crippen LogP contribution in [0.25, 0.3) is 0 Å². The van der Waals surface area contributed by atoms with Gasteiger partial charge in [0.2, 0.25) is 5.91 Å². The van der Waals surface area contributed by atoms with Gasteiger partial charge in [-0.05, 0) is 55.0 Å². The van der Waals surface area contributed by atoms with Crippen LogP contribution in [0.1, 0.15) is 28.4 Å². The molecule has 2 aliphatic heterocycles. The topological polar surface area (TPSA) is 72.3 Å². The number of hydrogen-bond donors (Lipinski definition) is 2. The van der Waals surface area contributed by atoms with Crippen molar-refractivity contribution < 1.29 is 24.0 Å². The second kappa shape index (κ2) is 9.83. The summed E-state index contributed by atoms with van der Waals surface area (Å²) in [4.78, 5) is 28.2. The fourth-order valence-corrected chi connectivity index (χ4v) is 4.13. The number of rotatable bonds is 7. The van der Waals surface area contributed by atoms with Gasteiger partial charge in [-0.25, -0.2) is 0 Å². The maximum Gasteiger partial charge on any atom is 0.251 e. The van der Waals surface area contributed by atoms with Gasteiger partial charge in [-0.3, -0.25) is 9.59 Å². The van der Waals surface area contributed by atoms with Gasteiger partial charge in [0.1, 0.15) is 18.0 Å². The highest BCUT2D eigenvalue weighted by atomic mass is 16.5. The molecular formula is C24H30N3O4+. The smallest absolute Gasteiger partial charge is 0.251 e. The number of piperazine rings is 1. The first kappa shape index (κ1) is 21.2. The first-order valence-electron chi connectivity index (χ1n) is 11.0. The molecule has 0 aliphatic carbocycles. The Morgan fingerprint density at radius 1 is 1.13 bits per heavy atom. The van der Waals surface area contributed by atoms with E-state index in [2.05, 4.69) is 23.5 Å². The van der Waals surface area contributed by atoms with Crippen LogP contribution in [-0.4, -0.2) is 62.7 Å². The van der Waals surface area contributed by atoms with Crippen LogP contribution in [0, 0.1) is 0 Å². The van der Waals surface area contributed by atoms with E-state index in [0.717, 1.165) is 44.2 Å². The summed E-state index contributed by atoms with van der Waals surface area (Å²) in [5.74, 6) is 1.46. The Morgan fingerprint density at radius 3 is 2.65 bits per heavy atom. The summed E-state index contributed by atoms with van der Waals surface area (Å²) < 4.78 is 11.0. The molecule has 2 amide bonds. The predicted octanol–water partition coefficient (Wildman–Crippen LogP) is 0.677. The largest absolute Gasteiger partial charge is 0.494 e. The average Bonchev–Trinajstić information content (AvgIpc) is 3.26. The van der Waals surface area contributed by atoms with Gasteiger partial charge in [-0.1, -0.05) is 0 Å². The van der Waals surface area contributed by atoms with Gasteiger partial charge in [0.15, 0.2) is 0 Å². The fraction of sp³-hybridized carbons (Fsp3) is 0.417. The Labute approximate surface area is 182 Å². The van der Waals surface area contributed by atoms with E-state index in [1.54, 1.807) is 24.3 Å². The van der Waals surface area contributed by atoms with Crippen molar-refractivity contribution in [1.82, 2.24) is 10.2 Å². The van der Waals surface area contributed by atoms with Gasteiger partial charge in [0.25, 0.3) is 5.91 Å². The number of ether oxygens (including phenoxy) is 2. The van der Waals surface area contributed by atoms with Crippen LogP contribution in [0.15, 0.2) is 42.5 Å². The summed E-state index contributed by atoms with van der Waals surface area (Å²) in [6.45, 7) is 7.49. The summed E-state index contributed by atoms with van der Waals surface area (Å²) in [7, 11) is 0. The van der Waals surface area contributed by atoms with Gasteiger partial charge in [0, 0.05) is 17.5 Å². The second-order valence-electron chi connectivity index (χ2n) is 7.99. The quantitative estimate of drug-likeness (QED) is 0.686. The Bertz CT molecular complexity index is 921. The van der Waals surface area contributed by atoms with E-state index >= 15 is 0 Å². The SMILES string of the molecule is CCOc1ccc(C(=O)NCC(=O)N2CC[NH+](Cc3ccc4c(c3)CCO4)CC2)cc1. The molecule has 7 nitrogen and oxygen atoms in total. The van der Waals surface area contributed by atoms with Crippen molar-refractivity contribution in [1.29, 1.82) is 0 Å². The molecule has 2 N–H and O–H groups in total. The highest BCUT2D eigenvalue weighted by Crippen LogP contribution is 2.25. The molecule has 2 aliphatic rings. The molecule has 0 saturated carbocycles. The first-order chi connectivity index (χ1) is 15.1. The molecule has 0 radical (unpaired) electrons. The minimum Gasteiger partial charge on any atom is -0.494 e. The zero-order valence-corrected chi connectivity index (χ0v) is 18.0. The number of carbonyl (C=O) groups excluding carboxylic acids is 2. The molecule has 2 aromatic carbocycles. The van der Waals surface area contributed by atoms with Gasteiger partial charge < -0.3 is 24.6 Å². The van der Waals surface area contributed by atoms with Crippen molar-refractivity contribution in [2.24, 2.45) is 0 Å². The van der Waals surface area contributed by atoms with E-state index in [0.29, 0.717) is 25.3 Å². The van der Waals surface area contributed by atoms with Crippen molar-refractivity contribution in [2.45, 2.75) is 19.9 Å². The third-order valence-corrected chi connectivity index (χ3v) is 5.86. The Kier molecular flexibility index (Phi) is 6.72. The zero-order chi connectivity index (χ0) is 21.6. The van der Waals surface area contributed by atoms with Crippen molar-refractivity contribution >= 4 is 11.8 Å². The minimum absolute atomic E-state index is 0.0200. The maximum atomic E-state index is 12.5. The van der Waals surface area contributed by atoms with Crippen molar-refractivity contribution in [3.63, 3.8) is 0 Å². The van der Waals surface area contributed by atoms with Crippen LogP contribution in [0.5, 0.6) is 11.5 Å². The van der Waals surface area contributed by atoms with E-state index < -0.39 is 0 Å². The van der Waals surface area contributed by atoms with Crippen LogP contribution >= 0.6 is 0 Å². The summed E-state index contributed by atoms with van der Waals surface area (Å²) in [5.41, 5.74) is 3.14. The van der Waals surface area contributed by atoms with Crippen molar-refractivity contribution in [3.05, 3.63) is 59.2 Å². The van der Waals surface area contributed by atoms with Gasteiger partial charge in [-0.15, -0.1) is 0 Å². The van der Waals surface area contributed by atoms with E-state index in [-0.39, 0.29) is 18.4 Å². The van der Waals surface area contributed by atoms with E-state index in [9.17, 15) is 9.59 Å². The lowest BCUT2D eigenvalue weighted by Gasteiger charge is -2.32. The molecule has 0 unspecified atom stereocenters. The molecule has 2 aromatic rings. The molecule has 0 aromatic heterocycles. The molecule has 31 heavy (non-hydrogen) atoms. The normalized spacial score (nSPS) is 15.8. The van der Waals surface area contributed by atoms with E-state index in [4.69, 9.17) is 9.47 Å². The highest BCUT2D eigenvalue weighted by molar-refractivity contribution is 5.96. The molecular weight excluding hydrogens is 394 g/mol. The lowest BCUT2D eigenvalue weighted by atomic mass is 10.1. The van der Waals surface area contributed by atoms with Crippen LogP contribution in [-0.2, 0) is 17.8 Å². The molecule has 7 heteroatoms. The third-order valence-electron chi connectivity index (χ3n) is 5.86. The van der Waals surface area contributed by atoms with Crippen molar-refractivity contribution in [2.75, 3.05) is 45.9 Å². The number of quaternary nitrogens is 1. The first-order valence-corrected chi connectivity index (χ1v) is 11.0. The Hall–Kier alpha value is -3.06. The molecule has 0 spiro atoms. The number of nitrogens with one attached hydrogen (secondary N) is 2. The molecule has 1 saturated heterocycles. The summed E-state index contributed by atoms with van der Waals surface area (Å²) in [6, 6.07) is 13.4.